The van der Waals surface area contributed by atoms with Crippen LogP contribution in [0.2, 0.25) is 0 Å². The summed E-state index contributed by atoms with van der Waals surface area (Å²) in [7, 11) is 0. The van der Waals surface area contributed by atoms with Gasteiger partial charge in [-0.15, -0.1) is 0 Å². The third kappa shape index (κ3) is 4.46. The molecule has 0 atom stereocenters. The second-order valence-electron chi connectivity index (χ2n) is 2.46. The Bertz CT molecular complexity index is 117. The lowest BCUT2D eigenvalue weighted by molar-refractivity contribution is -0.167. The molecule has 0 fully saturated rings. The van der Waals surface area contributed by atoms with Crippen LogP contribution in [0.25, 0.3) is 0 Å². The lowest BCUT2D eigenvalue weighted by Gasteiger charge is -2.14. The average Bonchev–Trinajstić information content (AvgIpc) is 2.04. The summed E-state index contributed by atoms with van der Waals surface area (Å²) in [4.78, 5) is 11.3. The van der Waals surface area contributed by atoms with Crippen molar-refractivity contribution in [3.8, 4) is 0 Å². The fraction of sp³-hybridized carbons (Fsp3) is 0.889. The molecule has 12 heavy (non-hydrogen) atoms. The highest BCUT2D eigenvalue weighted by Gasteiger charge is 2.16. The zero-order chi connectivity index (χ0) is 9.40. The largest absolute Gasteiger partial charge is 0.346 e. The Balaban J connectivity index is 3.81. The summed E-state index contributed by atoms with van der Waals surface area (Å²) < 4.78 is 10.2. The molecule has 0 heterocycles. The predicted molar refractivity (Wildman–Crippen MR) is 47.0 cm³/mol. The summed E-state index contributed by atoms with van der Waals surface area (Å²) in [5, 5.41) is 0. The molecule has 0 N–H and O–H groups in total. The molecule has 0 saturated carbocycles. The first-order valence-corrected chi connectivity index (χ1v) is 4.52. The highest BCUT2D eigenvalue weighted by molar-refractivity contribution is 5.81. The first-order chi connectivity index (χ1) is 5.76. The fourth-order valence-corrected chi connectivity index (χ4v) is 0.901. The molecule has 0 aromatic heterocycles. The maximum Gasteiger partial charge on any atom is 0.217 e. The van der Waals surface area contributed by atoms with Gasteiger partial charge in [-0.1, -0.05) is 6.92 Å². The third-order valence-electron chi connectivity index (χ3n) is 1.40. The van der Waals surface area contributed by atoms with E-state index in [1.807, 2.05) is 20.8 Å². The number of carbonyl (C=O) groups excluding carboxylic acids is 1. The van der Waals surface area contributed by atoms with E-state index in [-0.39, 0.29) is 5.78 Å². The molecule has 0 amide bonds. The summed E-state index contributed by atoms with van der Waals surface area (Å²) in [6.45, 7) is 6.70. The summed E-state index contributed by atoms with van der Waals surface area (Å²) in [5.74, 6) is 0.0428. The summed E-state index contributed by atoms with van der Waals surface area (Å²) >= 11 is 0. The first kappa shape index (κ1) is 11.6. The van der Waals surface area contributed by atoms with Crippen LogP contribution >= 0.6 is 0 Å². The second kappa shape index (κ2) is 7.25. The van der Waals surface area contributed by atoms with Crippen LogP contribution in [0.1, 0.15) is 33.6 Å². The lowest BCUT2D eigenvalue weighted by Crippen LogP contribution is -2.27. The molecule has 0 bridgehead atoms. The topological polar surface area (TPSA) is 35.5 Å². The number of hydrogen-bond donors (Lipinski definition) is 0. The van der Waals surface area contributed by atoms with Crippen molar-refractivity contribution in [2.45, 2.75) is 39.9 Å². The van der Waals surface area contributed by atoms with Gasteiger partial charge < -0.3 is 9.47 Å². The van der Waals surface area contributed by atoms with Crippen molar-refractivity contribution in [3.63, 3.8) is 0 Å². The van der Waals surface area contributed by atoms with Crippen molar-refractivity contribution < 1.29 is 14.3 Å². The summed E-state index contributed by atoms with van der Waals surface area (Å²) in [6.07, 6.45) is 0.736. The van der Waals surface area contributed by atoms with Gasteiger partial charge >= 0.3 is 0 Å². The van der Waals surface area contributed by atoms with E-state index in [4.69, 9.17) is 9.47 Å². The Hall–Kier alpha value is -0.410. The normalized spacial score (nSPS) is 10.7. The number of hydrogen-bond acceptors (Lipinski definition) is 3. The standard InChI is InChI=1S/C9H18O3/c1-4-7-8(10)9(11-5-2)12-6-3/h9H,4-7H2,1-3H3. The highest BCUT2D eigenvalue weighted by atomic mass is 16.7. The van der Waals surface area contributed by atoms with Gasteiger partial charge in [-0.25, -0.2) is 0 Å². The van der Waals surface area contributed by atoms with Gasteiger partial charge in [0.15, 0.2) is 5.78 Å². The van der Waals surface area contributed by atoms with Gasteiger partial charge in [-0.2, -0.15) is 0 Å². The van der Waals surface area contributed by atoms with Crippen molar-refractivity contribution in [2.75, 3.05) is 13.2 Å². The van der Waals surface area contributed by atoms with Gasteiger partial charge in [0.2, 0.25) is 6.29 Å². The van der Waals surface area contributed by atoms with Crippen molar-refractivity contribution >= 4 is 5.78 Å². The zero-order valence-corrected chi connectivity index (χ0v) is 8.13. The predicted octanol–water partition coefficient (Wildman–Crippen LogP) is 1.75. The van der Waals surface area contributed by atoms with Crippen molar-refractivity contribution in [3.05, 3.63) is 0 Å². The van der Waals surface area contributed by atoms with E-state index < -0.39 is 6.29 Å². The molecule has 72 valence electrons. The molecule has 0 aromatic rings. The summed E-state index contributed by atoms with van der Waals surface area (Å²) in [5.41, 5.74) is 0. The minimum atomic E-state index is -0.639. The molecule has 0 radical (unpaired) electrons. The third-order valence-corrected chi connectivity index (χ3v) is 1.40. The number of rotatable bonds is 7. The summed E-state index contributed by atoms with van der Waals surface area (Å²) in [6, 6.07) is 0. The SMILES string of the molecule is CCCC(=O)C(OCC)OCC. The molecule has 0 saturated heterocycles. The molecule has 0 unspecified atom stereocenters. The maximum absolute atomic E-state index is 11.3. The van der Waals surface area contributed by atoms with Crippen LogP contribution in [-0.4, -0.2) is 25.3 Å². The monoisotopic (exact) mass is 174 g/mol. The molecule has 0 aromatic carbocycles. The van der Waals surface area contributed by atoms with E-state index in [1.54, 1.807) is 0 Å². The van der Waals surface area contributed by atoms with E-state index in [0.717, 1.165) is 6.42 Å². The number of ether oxygens (including phenoxy) is 2. The van der Waals surface area contributed by atoms with E-state index in [9.17, 15) is 4.79 Å². The van der Waals surface area contributed by atoms with Crippen LogP contribution in [0.4, 0.5) is 0 Å². The van der Waals surface area contributed by atoms with Crippen molar-refractivity contribution in [1.29, 1.82) is 0 Å². The van der Waals surface area contributed by atoms with Crippen LogP contribution < -0.4 is 0 Å². The minimum absolute atomic E-state index is 0.0428. The first-order valence-electron chi connectivity index (χ1n) is 4.52. The Morgan fingerprint density at radius 1 is 1.17 bits per heavy atom. The Labute approximate surface area is 74.0 Å². The van der Waals surface area contributed by atoms with Crippen LogP contribution in [0.15, 0.2) is 0 Å². The van der Waals surface area contributed by atoms with E-state index >= 15 is 0 Å². The number of ketones is 1. The Morgan fingerprint density at radius 3 is 2.00 bits per heavy atom. The number of Topliss-reactive ketones (excluding diaryl/α,β-unsaturated/α-hetero) is 1. The molecular formula is C9H18O3. The van der Waals surface area contributed by atoms with Gasteiger partial charge in [-0.3, -0.25) is 4.79 Å². The molecule has 0 rings (SSSR count). The quantitative estimate of drug-likeness (QED) is 0.552. The van der Waals surface area contributed by atoms with E-state index in [1.165, 1.54) is 0 Å². The minimum Gasteiger partial charge on any atom is -0.346 e. The zero-order valence-electron chi connectivity index (χ0n) is 8.13. The van der Waals surface area contributed by atoms with Gasteiger partial charge in [-0.05, 0) is 20.3 Å². The molecule has 3 nitrogen and oxygen atoms in total. The van der Waals surface area contributed by atoms with E-state index in [2.05, 4.69) is 0 Å². The van der Waals surface area contributed by atoms with Gasteiger partial charge in [0.25, 0.3) is 0 Å². The van der Waals surface area contributed by atoms with Gasteiger partial charge in [0, 0.05) is 19.6 Å². The lowest BCUT2D eigenvalue weighted by atomic mass is 10.2. The maximum atomic E-state index is 11.3. The molecule has 3 heteroatoms. The number of carbonyl (C=O) groups is 1. The van der Waals surface area contributed by atoms with Crippen LogP contribution in [-0.2, 0) is 14.3 Å². The molecular weight excluding hydrogens is 156 g/mol. The molecule has 0 aliphatic heterocycles. The van der Waals surface area contributed by atoms with Crippen LogP contribution in [0.5, 0.6) is 0 Å². The van der Waals surface area contributed by atoms with Crippen molar-refractivity contribution in [2.24, 2.45) is 0 Å². The van der Waals surface area contributed by atoms with E-state index in [0.29, 0.717) is 19.6 Å². The Morgan fingerprint density at radius 2 is 1.67 bits per heavy atom. The fourth-order valence-electron chi connectivity index (χ4n) is 0.901. The van der Waals surface area contributed by atoms with Crippen LogP contribution in [0.3, 0.4) is 0 Å². The Kier molecular flexibility index (Phi) is 7.00. The van der Waals surface area contributed by atoms with Crippen molar-refractivity contribution in [1.82, 2.24) is 0 Å². The van der Waals surface area contributed by atoms with Gasteiger partial charge in [0.05, 0.1) is 0 Å². The van der Waals surface area contributed by atoms with Crippen LogP contribution in [0, 0.1) is 0 Å². The second-order valence-corrected chi connectivity index (χ2v) is 2.46. The average molecular weight is 174 g/mol. The smallest absolute Gasteiger partial charge is 0.217 e. The van der Waals surface area contributed by atoms with Gasteiger partial charge in [0.1, 0.15) is 0 Å². The molecule has 0 aliphatic rings. The molecule has 0 spiro atoms. The highest BCUT2D eigenvalue weighted by Crippen LogP contribution is 2.02. The molecule has 0 aliphatic carbocycles.